The maximum absolute atomic E-state index is 10.1. The third kappa shape index (κ3) is 14.1. The van der Waals surface area contributed by atoms with Gasteiger partial charge in [0.25, 0.3) is 0 Å². The molecular formula is C10H23NO3Ti. The van der Waals surface area contributed by atoms with E-state index in [0.29, 0.717) is 6.42 Å². The minimum atomic E-state index is -1.35. The van der Waals surface area contributed by atoms with Crippen molar-refractivity contribution < 1.29 is 36.7 Å². The Labute approximate surface area is 107 Å². The van der Waals surface area contributed by atoms with Crippen LogP contribution in [0, 0.1) is 0 Å². The molecule has 0 aliphatic heterocycles. The van der Waals surface area contributed by atoms with E-state index in [1.54, 1.807) is 0 Å². The fourth-order valence-electron chi connectivity index (χ4n) is 1.24. The molecule has 0 aromatic carbocycles. The summed E-state index contributed by atoms with van der Waals surface area (Å²) in [5.41, 5.74) is 0. The van der Waals surface area contributed by atoms with Crippen LogP contribution >= 0.6 is 0 Å². The summed E-state index contributed by atoms with van der Waals surface area (Å²) in [5, 5.41) is 19.0. The van der Waals surface area contributed by atoms with Gasteiger partial charge in [-0.15, -0.1) is 0 Å². The number of aliphatic hydroxyl groups excluding tert-OH is 1. The van der Waals surface area contributed by atoms with Gasteiger partial charge >= 0.3 is 0 Å². The third-order valence-electron chi connectivity index (χ3n) is 2.10. The van der Waals surface area contributed by atoms with Crippen molar-refractivity contribution in [1.82, 2.24) is 6.15 Å². The van der Waals surface area contributed by atoms with Gasteiger partial charge in [-0.1, -0.05) is 45.4 Å². The smallest absolute Gasteiger partial charge is 0.0933 e. The predicted molar refractivity (Wildman–Crippen MR) is 55.0 cm³/mol. The molecule has 90 valence electrons. The zero-order valence-corrected chi connectivity index (χ0v) is 11.4. The first kappa shape index (κ1) is 20.5. The van der Waals surface area contributed by atoms with Gasteiger partial charge in [0.2, 0.25) is 0 Å². The molecule has 0 fully saturated rings. The van der Waals surface area contributed by atoms with Crippen molar-refractivity contribution >= 4 is 5.97 Å². The number of carboxylic acid groups (broad SMARTS) is 1. The van der Waals surface area contributed by atoms with Gasteiger partial charge in [0.1, 0.15) is 0 Å². The molecule has 0 heterocycles. The van der Waals surface area contributed by atoms with Crippen LogP contribution in [0.3, 0.4) is 0 Å². The molecule has 5 N–H and O–H groups in total. The Kier molecular flexibility index (Phi) is 19.3. The van der Waals surface area contributed by atoms with Crippen LogP contribution in [0.15, 0.2) is 0 Å². The number of quaternary nitrogens is 1. The number of aliphatic hydroxyl groups is 1. The van der Waals surface area contributed by atoms with Crippen LogP contribution in [0.4, 0.5) is 0 Å². The molecule has 4 nitrogen and oxygen atoms in total. The Morgan fingerprint density at radius 3 is 2.13 bits per heavy atom. The molecule has 5 heteroatoms. The maximum Gasteiger partial charge on any atom is 0.0933 e. The van der Waals surface area contributed by atoms with Gasteiger partial charge in [-0.2, -0.15) is 0 Å². The second-order valence-electron chi connectivity index (χ2n) is 3.39. The number of unbranched alkanes of at least 4 members (excludes halogenated alkanes) is 5. The van der Waals surface area contributed by atoms with Gasteiger partial charge in [0.15, 0.2) is 0 Å². The molecule has 0 aromatic rings. The Morgan fingerprint density at radius 1 is 1.20 bits per heavy atom. The van der Waals surface area contributed by atoms with Gasteiger partial charge in [-0.3, -0.25) is 0 Å². The Bertz CT molecular complexity index is 145. The second-order valence-corrected chi connectivity index (χ2v) is 3.39. The molecule has 0 aliphatic carbocycles. The summed E-state index contributed by atoms with van der Waals surface area (Å²) < 4.78 is 0. The molecule has 0 radical (unpaired) electrons. The molecule has 0 saturated carbocycles. The van der Waals surface area contributed by atoms with Crippen LogP contribution in [-0.2, 0) is 26.5 Å². The number of carbonyl (C=O) groups excluding carboxylic acids is 1. The van der Waals surface area contributed by atoms with E-state index in [-0.39, 0.29) is 27.9 Å². The minimum Gasteiger partial charge on any atom is -0.547 e. The molecule has 0 aliphatic rings. The number of carbonyl (C=O) groups is 1. The summed E-state index contributed by atoms with van der Waals surface area (Å²) >= 11 is 0. The van der Waals surface area contributed by atoms with Gasteiger partial charge < -0.3 is 21.2 Å². The molecule has 1 atom stereocenters. The van der Waals surface area contributed by atoms with Crippen LogP contribution in [0.25, 0.3) is 0 Å². The van der Waals surface area contributed by atoms with Gasteiger partial charge in [-0.25, -0.2) is 0 Å². The first-order valence-corrected chi connectivity index (χ1v) is 5.07. The van der Waals surface area contributed by atoms with Gasteiger partial charge in [-0.05, 0) is 6.42 Å². The maximum atomic E-state index is 10.1. The molecule has 0 spiro atoms. The summed E-state index contributed by atoms with van der Waals surface area (Å²) in [7, 11) is 0. The summed E-state index contributed by atoms with van der Waals surface area (Å²) in [6.45, 7) is 2.15. The number of hydrogen-bond acceptors (Lipinski definition) is 3. The van der Waals surface area contributed by atoms with E-state index in [9.17, 15) is 9.90 Å². The normalized spacial score (nSPS) is 11.1. The zero-order valence-electron chi connectivity index (χ0n) is 9.79. The third-order valence-corrected chi connectivity index (χ3v) is 2.10. The fraction of sp³-hybridized carbons (Fsp3) is 0.900. The topological polar surface area (TPSA) is 96.9 Å². The van der Waals surface area contributed by atoms with Crippen molar-refractivity contribution in [2.45, 2.75) is 58.0 Å². The van der Waals surface area contributed by atoms with Crippen LogP contribution in [0.5, 0.6) is 0 Å². The van der Waals surface area contributed by atoms with Gasteiger partial charge in [0, 0.05) is 21.7 Å². The molecule has 0 rings (SSSR count). The van der Waals surface area contributed by atoms with E-state index in [1.165, 1.54) is 19.3 Å². The van der Waals surface area contributed by atoms with E-state index >= 15 is 0 Å². The fourth-order valence-corrected chi connectivity index (χ4v) is 1.24. The zero-order chi connectivity index (χ0) is 10.1. The van der Waals surface area contributed by atoms with E-state index in [0.717, 1.165) is 19.3 Å². The van der Waals surface area contributed by atoms with E-state index in [2.05, 4.69) is 6.92 Å². The van der Waals surface area contributed by atoms with Crippen LogP contribution < -0.4 is 11.3 Å². The Hall–Kier alpha value is 0.104. The monoisotopic (exact) mass is 253 g/mol. The SMILES string of the molecule is CCCCCCCCC(O)C(=O)[O-].[NH4+].[Ti]. The number of hydrogen-bond donors (Lipinski definition) is 2. The Balaban J connectivity index is -0.000000720. The quantitative estimate of drug-likeness (QED) is 0.502. The number of aliphatic carboxylic acids is 1. The average molecular weight is 253 g/mol. The van der Waals surface area contributed by atoms with E-state index in [4.69, 9.17) is 5.11 Å². The van der Waals surface area contributed by atoms with Crippen LogP contribution in [-0.4, -0.2) is 17.2 Å². The summed E-state index contributed by atoms with van der Waals surface area (Å²) in [5.74, 6) is -1.35. The van der Waals surface area contributed by atoms with Crippen LogP contribution in [0.1, 0.15) is 51.9 Å². The molecule has 15 heavy (non-hydrogen) atoms. The summed E-state index contributed by atoms with van der Waals surface area (Å²) in [6, 6.07) is 0. The van der Waals surface area contributed by atoms with Crippen molar-refractivity contribution in [3.63, 3.8) is 0 Å². The molecule has 0 amide bonds. The van der Waals surface area contributed by atoms with E-state index < -0.39 is 12.1 Å². The standard InChI is InChI=1S/C10H20O3.H3N.Ti/c1-2-3-4-5-6-7-8-9(11)10(12)13;;/h9,11H,2-8H2,1H3,(H,12,13);1H3;. The molecule has 1 unspecified atom stereocenters. The van der Waals surface area contributed by atoms with Crippen molar-refractivity contribution in [2.75, 3.05) is 0 Å². The number of rotatable bonds is 8. The van der Waals surface area contributed by atoms with Crippen molar-refractivity contribution in [1.29, 1.82) is 0 Å². The van der Waals surface area contributed by atoms with Crippen LogP contribution in [0.2, 0.25) is 0 Å². The second kappa shape index (κ2) is 14.1. The minimum absolute atomic E-state index is 0. The van der Waals surface area contributed by atoms with Crippen molar-refractivity contribution in [3.8, 4) is 0 Å². The largest absolute Gasteiger partial charge is 0.547 e. The Morgan fingerprint density at radius 2 is 1.67 bits per heavy atom. The van der Waals surface area contributed by atoms with Crippen molar-refractivity contribution in [3.05, 3.63) is 0 Å². The summed E-state index contributed by atoms with van der Waals surface area (Å²) in [4.78, 5) is 10.1. The number of carboxylic acids is 1. The first-order chi connectivity index (χ1) is 6.18. The van der Waals surface area contributed by atoms with Gasteiger partial charge in [0.05, 0.1) is 12.1 Å². The predicted octanol–water partition coefficient (Wildman–Crippen LogP) is 1.22. The molecular weight excluding hydrogens is 230 g/mol. The first-order valence-electron chi connectivity index (χ1n) is 5.07. The van der Waals surface area contributed by atoms with E-state index in [1.807, 2.05) is 0 Å². The molecule has 0 saturated heterocycles. The summed E-state index contributed by atoms with van der Waals surface area (Å²) in [6.07, 6.45) is 5.62. The average Bonchev–Trinajstić information content (AvgIpc) is 2.10. The molecule has 0 bridgehead atoms. The van der Waals surface area contributed by atoms with Crippen molar-refractivity contribution in [2.24, 2.45) is 0 Å². The molecule has 0 aromatic heterocycles.